The Morgan fingerprint density at radius 3 is 2.46 bits per heavy atom. The van der Waals surface area contributed by atoms with Gasteiger partial charge in [0.05, 0.1) is 12.5 Å². The highest BCUT2D eigenvalue weighted by Gasteiger charge is 2.35. The molecule has 0 bridgehead atoms. The molecule has 12 nitrogen and oxygen atoms in total. The molecule has 3 rings (SSSR count). The van der Waals surface area contributed by atoms with E-state index in [0.29, 0.717) is 50.0 Å². The van der Waals surface area contributed by atoms with E-state index in [4.69, 9.17) is 0 Å². The molecule has 1 aliphatic rings. The van der Waals surface area contributed by atoms with Crippen LogP contribution in [0.4, 0.5) is 30.9 Å². The lowest BCUT2D eigenvalue weighted by molar-refractivity contribution is -0.154. The minimum atomic E-state index is -4.73. The van der Waals surface area contributed by atoms with Crippen LogP contribution in [-0.4, -0.2) is 75.2 Å². The third kappa shape index (κ3) is 8.13. The van der Waals surface area contributed by atoms with Crippen LogP contribution in [0.3, 0.4) is 0 Å². The lowest BCUT2D eigenvalue weighted by Crippen LogP contribution is -2.47. The molecule has 1 fully saturated rings. The number of piperazine rings is 1. The molecule has 0 radical (unpaired) electrons. The standard InChI is InChI=1S/C22H30F3N9O3/c1-2-3-4-6-16(14-34(37)15-35)19(36)30-31-20-28-17(22(23,24)25)13-18(29-20)32-9-11-33(12-10-32)21-26-7-5-8-27-21/h5,7-8,13,15-16,37H,2-4,6,9-12,14H2,1H3,(H,30,36)(H,28,29,31)/t16-/m1/s1. The van der Waals surface area contributed by atoms with Crippen LogP contribution in [0.2, 0.25) is 0 Å². The van der Waals surface area contributed by atoms with Gasteiger partial charge in [0.25, 0.3) is 0 Å². The van der Waals surface area contributed by atoms with Crippen LogP contribution in [-0.2, 0) is 15.8 Å². The topological polar surface area (TPSA) is 140 Å². The fourth-order valence-electron chi connectivity index (χ4n) is 3.82. The van der Waals surface area contributed by atoms with Crippen molar-refractivity contribution >= 4 is 30.0 Å². The molecule has 2 aromatic heterocycles. The number of carbonyl (C=O) groups excluding carboxylic acids is 2. The molecule has 37 heavy (non-hydrogen) atoms. The van der Waals surface area contributed by atoms with Gasteiger partial charge in [0.1, 0.15) is 5.82 Å². The average Bonchev–Trinajstić information content (AvgIpc) is 2.91. The third-order valence-electron chi connectivity index (χ3n) is 5.80. The van der Waals surface area contributed by atoms with Gasteiger partial charge in [-0.15, -0.1) is 0 Å². The highest BCUT2D eigenvalue weighted by Crippen LogP contribution is 2.31. The number of aromatic nitrogens is 4. The molecule has 0 unspecified atom stereocenters. The minimum absolute atomic E-state index is 0.0506. The second-order valence-corrected chi connectivity index (χ2v) is 8.49. The van der Waals surface area contributed by atoms with Gasteiger partial charge in [0.2, 0.25) is 24.2 Å². The molecule has 202 valence electrons. The van der Waals surface area contributed by atoms with Gasteiger partial charge in [0, 0.05) is 44.6 Å². The maximum absolute atomic E-state index is 13.6. The van der Waals surface area contributed by atoms with Crippen molar-refractivity contribution in [1.29, 1.82) is 0 Å². The summed E-state index contributed by atoms with van der Waals surface area (Å²) in [5, 5.41) is 9.87. The summed E-state index contributed by atoms with van der Waals surface area (Å²) in [6.07, 6.45) is 1.46. The van der Waals surface area contributed by atoms with E-state index in [9.17, 15) is 28.0 Å². The van der Waals surface area contributed by atoms with Crippen molar-refractivity contribution in [3.8, 4) is 0 Å². The number of alkyl halides is 3. The average molecular weight is 526 g/mol. The van der Waals surface area contributed by atoms with Gasteiger partial charge in [-0.25, -0.2) is 20.0 Å². The number of nitrogens with zero attached hydrogens (tertiary/aromatic N) is 7. The number of carbonyl (C=O) groups is 2. The summed E-state index contributed by atoms with van der Waals surface area (Å²) < 4.78 is 40.7. The van der Waals surface area contributed by atoms with Crippen LogP contribution < -0.4 is 20.7 Å². The van der Waals surface area contributed by atoms with Crippen LogP contribution in [0.1, 0.15) is 38.3 Å². The molecule has 2 aromatic rings. The first-order valence-electron chi connectivity index (χ1n) is 11.9. The molecular formula is C22H30F3N9O3. The Hall–Kier alpha value is -3.75. The predicted molar refractivity (Wildman–Crippen MR) is 127 cm³/mol. The number of nitrogens with one attached hydrogen (secondary N) is 2. The normalized spacial score (nSPS) is 14.7. The highest BCUT2D eigenvalue weighted by atomic mass is 19.4. The van der Waals surface area contributed by atoms with Crippen molar-refractivity contribution in [3.05, 3.63) is 30.2 Å². The molecule has 0 saturated carbocycles. The van der Waals surface area contributed by atoms with E-state index >= 15 is 0 Å². The summed E-state index contributed by atoms with van der Waals surface area (Å²) in [4.78, 5) is 43.1. The van der Waals surface area contributed by atoms with E-state index in [2.05, 4.69) is 30.8 Å². The van der Waals surface area contributed by atoms with Crippen LogP contribution in [0.5, 0.6) is 0 Å². The summed E-state index contributed by atoms with van der Waals surface area (Å²) in [7, 11) is 0. The van der Waals surface area contributed by atoms with Crippen LogP contribution in [0.25, 0.3) is 0 Å². The van der Waals surface area contributed by atoms with Gasteiger partial charge in [-0.1, -0.05) is 26.2 Å². The van der Waals surface area contributed by atoms with Crippen LogP contribution >= 0.6 is 0 Å². The number of unbranched alkanes of at least 4 members (excludes halogenated alkanes) is 2. The lowest BCUT2D eigenvalue weighted by atomic mass is 10.0. The minimum Gasteiger partial charge on any atom is -0.353 e. The molecule has 1 aliphatic heterocycles. The predicted octanol–water partition coefficient (Wildman–Crippen LogP) is 2.10. The number of anilines is 3. The Labute approximate surface area is 211 Å². The number of hydrogen-bond donors (Lipinski definition) is 3. The van der Waals surface area contributed by atoms with Gasteiger partial charge in [-0.2, -0.15) is 18.2 Å². The van der Waals surface area contributed by atoms with Crippen molar-refractivity contribution < 1.29 is 28.0 Å². The second-order valence-electron chi connectivity index (χ2n) is 8.49. The summed E-state index contributed by atoms with van der Waals surface area (Å²) in [5.74, 6) is -1.25. The number of hydrazine groups is 1. The maximum atomic E-state index is 13.6. The zero-order chi connectivity index (χ0) is 26.8. The Balaban J connectivity index is 1.70. The fourth-order valence-corrected chi connectivity index (χ4v) is 3.82. The van der Waals surface area contributed by atoms with E-state index in [1.54, 1.807) is 23.4 Å². The van der Waals surface area contributed by atoms with Gasteiger partial charge < -0.3 is 9.80 Å². The lowest BCUT2D eigenvalue weighted by Gasteiger charge is -2.35. The molecule has 3 heterocycles. The first-order valence-corrected chi connectivity index (χ1v) is 11.9. The smallest absolute Gasteiger partial charge is 0.353 e. The number of hydrogen-bond acceptors (Lipinski definition) is 10. The molecule has 0 spiro atoms. The molecule has 1 atom stereocenters. The van der Waals surface area contributed by atoms with Crippen LogP contribution in [0.15, 0.2) is 24.5 Å². The molecule has 3 N–H and O–H groups in total. The number of hydroxylamine groups is 2. The maximum Gasteiger partial charge on any atom is 0.433 e. The van der Waals surface area contributed by atoms with Crippen molar-refractivity contribution in [3.63, 3.8) is 0 Å². The van der Waals surface area contributed by atoms with Gasteiger partial charge in [0.15, 0.2) is 5.69 Å². The first kappa shape index (κ1) is 27.8. The fraction of sp³-hybridized carbons (Fsp3) is 0.545. The van der Waals surface area contributed by atoms with Crippen LogP contribution in [0, 0.1) is 5.92 Å². The summed E-state index contributed by atoms with van der Waals surface area (Å²) in [6.45, 7) is 3.42. The molecule has 1 saturated heterocycles. The van der Waals surface area contributed by atoms with Gasteiger partial charge >= 0.3 is 6.18 Å². The van der Waals surface area contributed by atoms with E-state index in [-0.39, 0.29) is 18.8 Å². The Morgan fingerprint density at radius 2 is 1.84 bits per heavy atom. The number of amides is 2. The monoisotopic (exact) mass is 525 g/mol. The zero-order valence-electron chi connectivity index (χ0n) is 20.4. The first-order chi connectivity index (χ1) is 17.7. The molecule has 15 heteroatoms. The molecule has 0 aromatic carbocycles. The quantitative estimate of drug-likeness (QED) is 0.163. The van der Waals surface area contributed by atoms with Gasteiger partial charge in [-0.3, -0.25) is 25.6 Å². The largest absolute Gasteiger partial charge is 0.433 e. The highest BCUT2D eigenvalue weighted by molar-refractivity contribution is 5.80. The van der Waals surface area contributed by atoms with E-state index in [1.807, 2.05) is 11.8 Å². The number of rotatable bonds is 12. The molecule has 2 amide bonds. The molecular weight excluding hydrogens is 495 g/mol. The summed E-state index contributed by atoms with van der Waals surface area (Å²) in [5.41, 5.74) is 3.52. The Morgan fingerprint density at radius 1 is 1.16 bits per heavy atom. The Kier molecular flexibility index (Phi) is 9.77. The van der Waals surface area contributed by atoms with Gasteiger partial charge in [-0.05, 0) is 12.5 Å². The Bertz CT molecular complexity index is 1020. The second kappa shape index (κ2) is 13.0. The van der Waals surface area contributed by atoms with Crippen molar-refractivity contribution in [2.45, 2.75) is 38.8 Å². The number of halogens is 3. The molecule has 0 aliphatic carbocycles. The van der Waals surface area contributed by atoms with E-state index in [0.717, 1.165) is 18.9 Å². The third-order valence-corrected chi connectivity index (χ3v) is 5.80. The summed E-state index contributed by atoms with van der Waals surface area (Å²) in [6, 6.07) is 2.56. The SMILES string of the molecule is CCCCC[C@H](CN(O)C=O)C(=O)NNc1nc(N2CCN(c3ncccn3)CC2)cc(C(F)(F)F)n1. The zero-order valence-corrected chi connectivity index (χ0v) is 20.4. The van der Waals surface area contributed by atoms with Crippen molar-refractivity contribution in [2.24, 2.45) is 5.92 Å². The van der Waals surface area contributed by atoms with Crippen molar-refractivity contribution in [2.75, 3.05) is 47.9 Å². The summed E-state index contributed by atoms with van der Waals surface area (Å²) >= 11 is 0. The van der Waals surface area contributed by atoms with Crippen molar-refractivity contribution in [1.82, 2.24) is 30.4 Å². The van der Waals surface area contributed by atoms with E-state index in [1.165, 1.54) is 0 Å². The van der Waals surface area contributed by atoms with E-state index < -0.39 is 29.6 Å².